The number of ether oxygens (including phenoxy) is 1. The molecule has 2 N–H and O–H groups in total. The molecule has 0 aliphatic heterocycles. The quantitative estimate of drug-likeness (QED) is 0.756. The minimum absolute atomic E-state index is 0.0388. The maximum Gasteiger partial charge on any atom is 0.323 e. The number of amides is 1. The predicted molar refractivity (Wildman–Crippen MR) is 76.9 cm³/mol. The molecule has 112 valence electrons. The number of likely N-dealkylation sites (N-methyl/N-ethyl adjacent to an activating group) is 1. The number of nitrogens with one attached hydrogen (secondary N) is 2. The highest BCUT2D eigenvalue weighted by Gasteiger charge is 2.10. The van der Waals surface area contributed by atoms with Gasteiger partial charge in [-0.25, -0.2) is 0 Å². The van der Waals surface area contributed by atoms with Gasteiger partial charge in [0.25, 0.3) is 0 Å². The van der Waals surface area contributed by atoms with Gasteiger partial charge >= 0.3 is 6.01 Å². The first-order chi connectivity index (χ1) is 9.42. The molecule has 0 fully saturated rings. The molecule has 1 heterocycles. The van der Waals surface area contributed by atoms with Gasteiger partial charge < -0.3 is 20.3 Å². The van der Waals surface area contributed by atoms with Crippen molar-refractivity contribution in [3.63, 3.8) is 0 Å². The third kappa shape index (κ3) is 5.25. The molecular weight excluding hydrogens is 260 g/mol. The van der Waals surface area contributed by atoms with Crippen molar-refractivity contribution < 1.29 is 9.53 Å². The third-order valence-electron chi connectivity index (χ3n) is 2.19. The van der Waals surface area contributed by atoms with Gasteiger partial charge in [0.15, 0.2) is 0 Å². The first-order valence-corrected chi connectivity index (χ1v) is 6.53. The van der Waals surface area contributed by atoms with E-state index in [1.54, 1.807) is 14.1 Å². The number of rotatable bonds is 7. The van der Waals surface area contributed by atoms with Crippen LogP contribution in [0.1, 0.15) is 20.8 Å². The Labute approximate surface area is 119 Å². The average molecular weight is 282 g/mol. The Morgan fingerprint density at radius 2 is 1.80 bits per heavy atom. The molecule has 0 aliphatic rings. The molecule has 0 radical (unpaired) electrons. The second-order valence-electron chi connectivity index (χ2n) is 4.60. The summed E-state index contributed by atoms with van der Waals surface area (Å²) in [6.45, 7) is 6.51. The van der Waals surface area contributed by atoms with Gasteiger partial charge in [-0.1, -0.05) is 0 Å². The molecule has 0 spiro atoms. The number of nitrogens with zero attached hydrogens (tertiary/aromatic N) is 4. The summed E-state index contributed by atoms with van der Waals surface area (Å²) in [5.74, 6) is 0.654. The molecule has 20 heavy (non-hydrogen) atoms. The van der Waals surface area contributed by atoms with E-state index in [0.717, 1.165) is 0 Å². The van der Waals surface area contributed by atoms with Crippen LogP contribution in [0.5, 0.6) is 6.01 Å². The largest absolute Gasteiger partial charge is 0.461 e. The summed E-state index contributed by atoms with van der Waals surface area (Å²) in [4.78, 5) is 25.4. The van der Waals surface area contributed by atoms with Crippen molar-refractivity contribution in [2.24, 2.45) is 0 Å². The average Bonchev–Trinajstić information content (AvgIpc) is 2.35. The highest BCUT2D eigenvalue weighted by atomic mass is 16.5. The fourth-order valence-electron chi connectivity index (χ4n) is 1.25. The Morgan fingerprint density at radius 1 is 1.20 bits per heavy atom. The van der Waals surface area contributed by atoms with Crippen LogP contribution in [-0.4, -0.2) is 59.0 Å². The maximum atomic E-state index is 11.5. The molecule has 1 aromatic heterocycles. The Balaban J connectivity index is 2.82. The zero-order valence-corrected chi connectivity index (χ0v) is 12.6. The topological polar surface area (TPSA) is 92.3 Å². The van der Waals surface area contributed by atoms with E-state index in [2.05, 4.69) is 25.6 Å². The molecule has 0 unspecified atom stereocenters. The lowest BCUT2D eigenvalue weighted by Gasteiger charge is -2.13. The lowest BCUT2D eigenvalue weighted by atomic mass is 10.5. The minimum atomic E-state index is -0.0678. The first kappa shape index (κ1) is 15.9. The van der Waals surface area contributed by atoms with Crippen LogP contribution in [0, 0.1) is 0 Å². The first-order valence-electron chi connectivity index (χ1n) is 6.53. The number of carbonyl (C=O) groups is 1. The van der Waals surface area contributed by atoms with E-state index in [-0.39, 0.29) is 24.6 Å². The molecule has 0 atom stereocenters. The zero-order chi connectivity index (χ0) is 15.1. The number of aromatic nitrogens is 3. The summed E-state index contributed by atoms with van der Waals surface area (Å²) in [6, 6.07) is 0.228. The highest BCUT2D eigenvalue weighted by Crippen LogP contribution is 2.12. The summed E-state index contributed by atoms with van der Waals surface area (Å²) >= 11 is 0. The van der Waals surface area contributed by atoms with Crippen molar-refractivity contribution in [3.05, 3.63) is 0 Å². The van der Waals surface area contributed by atoms with E-state index in [1.807, 2.05) is 20.8 Å². The summed E-state index contributed by atoms with van der Waals surface area (Å²) < 4.78 is 5.46. The Morgan fingerprint density at radius 3 is 2.30 bits per heavy atom. The van der Waals surface area contributed by atoms with Crippen molar-refractivity contribution in [3.8, 4) is 6.01 Å². The third-order valence-corrected chi connectivity index (χ3v) is 2.19. The van der Waals surface area contributed by atoms with Crippen LogP contribution in [0.4, 0.5) is 11.9 Å². The van der Waals surface area contributed by atoms with Crippen LogP contribution in [0.15, 0.2) is 0 Å². The van der Waals surface area contributed by atoms with Gasteiger partial charge in [-0.3, -0.25) is 4.79 Å². The van der Waals surface area contributed by atoms with Gasteiger partial charge in [-0.05, 0) is 20.8 Å². The smallest absolute Gasteiger partial charge is 0.323 e. The number of carbonyl (C=O) groups excluding carboxylic acids is 1. The van der Waals surface area contributed by atoms with Gasteiger partial charge in [0.05, 0.1) is 12.6 Å². The van der Waals surface area contributed by atoms with Crippen molar-refractivity contribution >= 4 is 17.8 Å². The summed E-state index contributed by atoms with van der Waals surface area (Å²) in [6.07, 6.45) is -0.0388. The van der Waals surface area contributed by atoms with Crippen LogP contribution in [0.25, 0.3) is 0 Å². The fraction of sp³-hybridized carbons (Fsp3) is 0.667. The second kappa shape index (κ2) is 7.46. The van der Waals surface area contributed by atoms with E-state index in [9.17, 15) is 4.79 Å². The van der Waals surface area contributed by atoms with Gasteiger partial charge in [-0.2, -0.15) is 15.0 Å². The zero-order valence-electron chi connectivity index (χ0n) is 12.6. The summed E-state index contributed by atoms with van der Waals surface area (Å²) in [5.41, 5.74) is 0. The lowest BCUT2D eigenvalue weighted by Crippen LogP contribution is -2.29. The number of hydrogen-bond acceptors (Lipinski definition) is 7. The molecule has 0 saturated heterocycles. The normalized spacial score (nSPS) is 10.3. The number of hydrogen-bond donors (Lipinski definition) is 2. The Hall–Kier alpha value is -2.12. The molecule has 0 saturated carbocycles. The Bertz CT molecular complexity index is 450. The highest BCUT2D eigenvalue weighted by molar-refractivity contribution is 5.79. The van der Waals surface area contributed by atoms with Crippen LogP contribution < -0.4 is 15.4 Å². The van der Waals surface area contributed by atoms with Gasteiger partial charge in [0.1, 0.15) is 0 Å². The molecule has 1 aromatic rings. The number of anilines is 2. The van der Waals surface area contributed by atoms with Crippen LogP contribution >= 0.6 is 0 Å². The van der Waals surface area contributed by atoms with Crippen LogP contribution in [-0.2, 0) is 4.79 Å². The van der Waals surface area contributed by atoms with E-state index in [0.29, 0.717) is 18.4 Å². The minimum Gasteiger partial charge on any atom is -0.461 e. The molecule has 1 rings (SSSR count). The van der Waals surface area contributed by atoms with Crippen LogP contribution in [0.2, 0.25) is 0 Å². The van der Waals surface area contributed by atoms with Crippen LogP contribution in [0.3, 0.4) is 0 Å². The van der Waals surface area contributed by atoms with Crippen molar-refractivity contribution in [1.82, 2.24) is 19.9 Å². The van der Waals surface area contributed by atoms with E-state index < -0.39 is 0 Å². The summed E-state index contributed by atoms with van der Waals surface area (Å²) in [7, 11) is 3.38. The molecular formula is C12H22N6O2. The van der Waals surface area contributed by atoms with E-state index in [4.69, 9.17) is 4.74 Å². The van der Waals surface area contributed by atoms with Crippen molar-refractivity contribution in [2.45, 2.75) is 26.9 Å². The van der Waals surface area contributed by atoms with Crippen molar-refractivity contribution in [1.29, 1.82) is 0 Å². The molecule has 0 aromatic carbocycles. The van der Waals surface area contributed by atoms with Crippen molar-refractivity contribution in [2.75, 3.05) is 37.8 Å². The van der Waals surface area contributed by atoms with Gasteiger partial charge in [0.2, 0.25) is 17.8 Å². The fourth-order valence-corrected chi connectivity index (χ4v) is 1.25. The lowest BCUT2D eigenvalue weighted by molar-refractivity contribution is -0.126. The standard InChI is InChI=1S/C12H22N6O2/c1-6-13-10-15-11(14-7-9(19)18(4)5)17-12(16-10)20-8(2)3/h8H,6-7H2,1-5H3,(H2,13,14,15,16,17). The van der Waals surface area contributed by atoms with E-state index >= 15 is 0 Å². The van der Waals surface area contributed by atoms with E-state index in [1.165, 1.54) is 4.90 Å². The molecule has 0 bridgehead atoms. The molecule has 1 amide bonds. The maximum absolute atomic E-state index is 11.5. The predicted octanol–water partition coefficient (Wildman–Crippen LogP) is 0.591. The van der Waals surface area contributed by atoms with Gasteiger partial charge in [0, 0.05) is 20.6 Å². The molecule has 0 aliphatic carbocycles. The second-order valence-corrected chi connectivity index (χ2v) is 4.60. The molecule has 8 heteroatoms. The SMILES string of the molecule is CCNc1nc(NCC(=O)N(C)C)nc(OC(C)C)n1. The summed E-state index contributed by atoms with van der Waals surface area (Å²) in [5, 5.41) is 5.86. The Kier molecular flexibility index (Phi) is 5.95. The van der Waals surface area contributed by atoms with Gasteiger partial charge in [-0.15, -0.1) is 0 Å². The monoisotopic (exact) mass is 282 g/mol. The molecule has 8 nitrogen and oxygen atoms in total.